The molecule has 106 valence electrons. The van der Waals surface area contributed by atoms with E-state index < -0.39 is 0 Å². The normalized spacial score (nSPS) is 22.4. The summed E-state index contributed by atoms with van der Waals surface area (Å²) in [6.07, 6.45) is 2.81. The molecule has 0 spiro atoms. The van der Waals surface area contributed by atoms with Gasteiger partial charge in [-0.05, 0) is 56.5 Å². The van der Waals surface area contributed by atoms with Crippen molar-refractivity contribution in [2.45, 2.75) is 25.9 Å². The molecule has 2 heterocycles. The van der Waals surface area contributed by atoms with E-state index in [1.807, 2.05) is 14.0 Å². The van der Waals surface area contributed by atoms with Crippen LogP contribution in [0.25, 0.3) is 0 Å². The van der Waals surface area contributed by atoms with Gasteiger partial charge in [0, 0.05) is 13.1 Å². The molecular weight excluding hydrogens is 308 g/mol. The minimum Gasteiger partial charge on any atom is -0.304 e. The van der Waals surface area contributed by atoms with Crippen LogP contribution in [-0.2, 0) is 6.54 Å². The third-order valence-electron chi connectivity index (χ3n) is 3.70. The molecule has 1 unspecified atom stereocenters. The molecule has 0 amide bonds. The van der Waals surface area contributed by atoms with Crippen molar-refractivity contribution in [1.82, 2.24) is 19.6 Å². The summed E-state index contributed by atoms with van der Waals surface area (Å²) in [5, 5.41) is 4.23. The molecule has 1 saturated heterocycles. The predicted octanol–water partition coefficient (Wildman–Crippen LogP) is 1.48. The topological polar surface area (TPSA) is 41.4 Å². The third kappa shape index (κ3) is 3.07. The minimum absolute atomic E-state index is 0.0919. The smallest absolute Gasteiger partial charge is 0.200 e. The summed E-state index contributed by atoms with van der Waals surface area (Å²) >= 11 is 3.44. The van der Waals surface area contributed by atoms with E-state index in [0.29, 0.717) is 12.2 Å². The summed E-state index contributed by atoms with van der Waals surface area (Å²) in [6.45, 7) is 5.48. The molecule has 0 aromatic carbocycles. The predicted molar refractivity (Wildman–Crippen MR) is 78.5 cm³/mol. The second kappa shape index (κ2) is 6.15. The van der Waals surface area contributed by atoms with Crippen LogP contribution in [0.2, 0.25) is 0 Å². The van der Waals surface area contributed by atoms with Crippen molar-refractivity contribution in [2.24, 2.45) is 0 Å². The average molecular weight is 329 g/mol. The third-order valence-corrected chi connectivity index (χ3v) is 4.28. The second-order valence-corrected chi connectivity index (χ2v) is 5.99. The maximum absolute atomic E-state index is 12.8. The second-order valence-electron chi connectivity index (χ2n) is 5.13. The van der Waals surface area contributed by atoms with Crippen LogP contribution in [0.15, 0.2) is 10.7 Å². The molecule has 1 fully saturated rings. The highest BCUT2D eigenvalue weighted by Gasteiger charge is 2.31. The van der Waals surface area contributed by atoms with Gasteiger partial charge in [-0.15, -0.1) is 0 Å². The van der Waals surface area contributed by atoms with E-state index in [1.54, 1.807) is 10.9 Å². The van der Waals surface area contributed by atoms with Gasteiger partial charge in [-0.1, -0.05) is 0 Å². The van der Waals surface area contributed by atoms with Crippen LogP contribution in [-0.4, -0.2) is 65.1 Å². The zero-order valence-corrected chi connectivity index (χ0v) is 13.4. The summed E-state index contributed by atoms with van der Waals surface area (Å²) < 4.78 is 2.56. The number of carbonyl (C=O) groups is 1. The van der Waals surface area contributed by atoms with E-state index in [0.717, 1.165) is 30.5 Å². The highest BCUT2D eigenvalue weighted by atomic mass is 79.9. The molecule has 0 radical (unpaired) electrons. The number of ketones is 1. The molecule has 1 aliphatic heterocycles. The van der Waals surface area contributed by atoms with Crippen molar-refractivity contribution < 1.29 is 4.79 Å². The largest absolute Gasteiger partial charge is 0.304 e. The lowest BCUT2D eigenvalue weighted by atomic mass is 10.1. The molecule has 1 aromatic heterocycles. The van der Waals surface area contributed by atoms with Gasteiger partial charge in [0.1, 0.15) is 5.69 Å². The lowest BCUT2D eigenvalue weighted by molar-refractivity contribution is 0.0827. The number of halogens is 1. The summed E-state index contributed by atoms with van der Waals surface area (Å²) in [4.78, 5) is 17.2. The molecule has 1 aromatic rings. The zero-order valence-electron chi connectivity index (χ0n) is 11.8. The summed E-state index contributed by atoms with van der Waals surface area (Å²) in [7, 11) is 4.11. The van der Waals surface area contributed by atoms with Crippen LogP contribution in [0.5, 0.6) is 0 Å². The standard InChI is InChI=1S/C13H21BrN4O/c1-4-18-12(10(14)8-15-18)13(19)11-9-16(2)6-5-7-17(11)3/h8,11H,4-7,9H2,1-3H3. The number of hydrogen-bond acceptors (Lipinski definition) is 4. The molecular formula is C13H21BrN4O. The van der Waals surface area contributed by atoms with Crippen LogP contribution in [0.4, 0.5) is 0 Å². The molecule has 0 N–H and O–H groups in total. The zero-order chi connectivity index (χ0) is 14.0. The Hall–Kier alpha value is -0.720. The fraction of sp³-hybridized carbons (Fsp3) is 0.692. The first-order valence-corrected chi connectivity index (χ1v) is 7.48. The Morgan fingerprint density at radius 1 is 1.47 bits per heavy atom. The molecule has 1 atom stereocenters. The van der Waals surface area contributed by atoms with E-state index in [2.05, 4.69) is 37.9 Å². The van der Waals surface area contributed by atoms with Crippen molar-refractivity contribution in [3.05, 3.63) is 16.4 Å². The monoisotopic (exact) mass is 328 g/mol. The van der Waals surface area contributed by atoms with Crippen molar-refractivity contribution in [3.8, 4) is 0 Å². The summed E-state index contributed by atoms with van der Waals surface area (Å²) in [5.41, 5.74) is 0.689. The Morgan fingerprint density at radius 3 is 2.89 bits per heavy atom. The van der Waals surface area contributed by atoms with Crippen LogP contribution < -0.4 is 0 Å². The van der Waals surface area contributed by atoms with Gasteiger partial charge in [-0.3, -0.25) is 14.4 Å². The molecule has 5 nitrogen and oxygen atoms in total. The van der Waals surface area contributed by atoms with Crippen LogP contribution in [0, 0.1) is 0 Å². The van der Waals surface area contributed by atoms with Gasteiger partial charge >= 0.3 is 0 Å². The molecule has 6 heteroatoms. The number of rotatable bonds is 3. The first kappa shape index (κ1) is 14.7. The Labute approximate surface area is 122 Å². The highest BCUT2D eigenvalue weighted by Crippen LogP contribution is 2.20. The molecule has 0 saturated carbocycles. The summed E-state index contributed by atoms with van der Waals surface area (Å²) in [5.74, 6) is 0.155. The molecule has 0 aliphatic carbocycles. The molecule has 1 aliphatic rings. The Kier molecular flexibility index (Phi) is 4.76. The van der Waals surface area contributed by atoms with Gasteiger partial charge in [0.15, 0.2) is 5.78 Å². The van der Waals surface area contributed by atoms with Gasteiger partial charge in [0.05, 0.1) is 16.7 Å². The molecule has 19 heavy (non-hydrogen) atoms. The fourth-order valence-corrected chi connectivity index (χ4v) is 3.05. The van der Waals surface area contributed by atoms with E-state index in [9.17, 15) is 4.79 Å². The number of aromatic nitrogens is 2. The van der Waals surface area contributed by atoms with Crippen molar-refractivity contribution in [2.75, 3.05) is 33.7 Å². The molecule has 0 bridgehead atoms. The Balaban J connectivity index is 2.28. The van der Waals surface area contributed by atoms with Gasteiger partial charge in [0.2, 0.25) is 0 Å². The van der Waals surface area contributed by atoms with E-state index in [1.165, 1.54) is 0 Å². The quantitative estimate of drug-likeness (QED) is 0.788. The number of carbonyl (C=O) groups excluding carboxylic acids is 1. The highest BCUT2D eigenvalue weighted by molar-refractivity contribution is 9.10. The van der Waals surface area contributed by atoms with Crippen molar-refractivity contribution in [3.63, 3.8) is 0 Å². The van der Waals surface area contributed by atoms with E-state index >= 15 is 0 Å². The summed E-state index contributed by atoms with van der Waals surface area (Å²) in [6, 6.07) is -0.0919. The first-order chi connectivity index (χ1) is 9.04. The van der Waals surface area contributed by atoms with Crippen LogP contribution in [0.1, 0.15) is 23.8 Å². The lowest BCUT2D eigenvalue weighted by Crippen LogP contribution is -2.44. The molecule has 2 rings (SSSR count). The van der Waals surface area contributed by atoms with Crippen molar-refractivity contribution in [1.29, 1.82) is 0 Å². The van der Waals surface area contributed by atoms with Gasteiger partial charge in [0.25, 0.3) is 0 Å². The number of hydrogen-bond donors (Lipinski definition) is 0. The van der Waals surface area contributed by atoms with Crippen LogP contribution in [0.3, 0.4) is 0 Å². The number of aryl methyl sites for hydroxylation is 1. The first-order valence-electron chi connectivity index (χ1n) is 6.69. The minimum atomic E-state index is -0.0919. The Morgan fingerprint density at radius 2 is 2.21 bits per heavy atom. The maximum atomic E-state index is 12.8. The van der Waals surface area contributed by atoms with E-state index in [-0.39, 0.29) is 11.8 Å². The fourth-order valence-electron chi connectivity index (χ4n) is 2.56. The number of nitrogens with zero attached hydrogens (tertiary/aromatic N) is 4. The SMILES string of the molecule is CCn1ncc(Br)c1C(=O)C1CN(C)CCCN1C. The van der Waals surface area contributed by atoms with Crippen LogP contribution >= 0.6 is 15.9 Å². The Bertz CT molecular complexity index is 459. The maximum Gasteiger partial charge on any atom is 0.200 e. The van der Waals surface area contributed by atoms with Crippen molar-refractivity contribution >= 4 is 21.7 Å². The number of Topliss-reactive ketones (excluding diaryl/α,β-unsaturated/α-hetero) is 1. The lowest BCUT2D eigenvalue weighted by Gasteiger charge is -2.26. The van der Waals surface area contributed by atoms with E-state index in [4.69, 9.17) is 0 Å². The van der Waals surface area contributed by atoms with Gasteiger partial charge in [-0.25, -0.2) is 0 Å². The van der Waals surface area contributed by atoms with Gasteiger partial charge < -0.3 is 4.90 Å². The van der Waals surface area contributed by atoms with Gasteiger partial charge in [-0.2, -0.15) is 5.10 Å². The number of likely N-dealkylation sites (N-methyl/N-ethyl adjacent to an activating group) is 2. The average Bonchev–Trinajstić information content (AvgIpc) is 2.67.